The van der Waals surface area contributed by atoms with Crippen LogP contribution in [0.25, 0.3) is 0 Å². The summed E-state index contributed by atoms with van der Waals surface area (Å²) in [6, 6.07) is 5.49. The van der Waals surface area contributed by atoms with E-state index in [1.165, 1.54) is 24.1 Å². The fourth-order valence-electron chi connectivity index (χ4n) is 3.62. The Morgan fingerprint density at radius 3 is 3.00 bits per heavy atom. The van der Waals surface area contributed by atoms with E-state index in [-0.39, 0.29) is 5.75 Å². The smallest absolute Gasteiger partial charge is 0.134 e. The highest BCUT2D eigenvalue weighted by atomic mass is 35.5. The Hall–Kier alpha value is -1.52. The fraction of sp³-hybridized carbons (Fsp3) is 0.526. The van der Waals surface area contributed by atoms with Gasteiger partial charge in [0.25, 0.3) is 0 Å². The molecule has 2 aromatic rings. The number of rotatable bonds is 5. The van der Waals surface area contributed by atoms with Crippen LogP contribution in [-0.2, 0) is 13.0 Å². The molecule has 1 aliphatic rings. The zero-order chi connectivity index (χ0) is 17.1. The monoisotopic (exact) mass is 347 g/mol. The molecular weight excluding hydrogens is 322 g/mol. The van der Waals surface area contributed by atoms with E-state index in [9.17, 15) is 5.11 Å². The molecule has 0 bridgehead atoms. The van der Waals surface area contributed by atoms with Crippen molar-refractivity contribution in [3.05, 3.63) is 46.2 Å². The highest BCUT2D eigenvalue weighted by Crippen LogP contribution is 2.30. The maximum absolute atomic E-state index is 9.56. The summed E-state index contributed by atoms with van der Waals surface area (Å²) in [5.74, 6) is 1.30. The Kier molecular flexibility index (Phi) is 5.47. The zero-order valence-electron chi connectivity index (χ0n) is 14.4. The number of aromatic nitrogens is 2. The Morgan fingerprint density at radius 1 is 1.42 bits per heavy atom. The molecule has 0 aliphatic carbocycles. The topological polar surface area (TPSA) is 52.2 Å². The quantitative estimate of drug-likeness (QED) is 0.845. The van der Waals surface area contributed by atoms with Gasteiger partial charge in [-0.05, 0) is 55.0 Å². The Morgan fingerprint density at radius 2 is 2.25 bits per heavy atom. The van der Waals surface area contributed by atoms with Gasteiger partial charge in [-0.3, -0.25) is 10.00 Å². The first kappa shape index (κ1) is 17.3. The van der Waals surface area contributed by atoms with E-state index in [4.69, 9.17) is 11.6 Å². The maximum Gasteiger partial charge on any atom is 0.134 e. The van der Waals surface area contributed by atoms with Gasteiger partial charge in [-0.1, -0.05) is 31.5 Å². The number of aromatic hydroxyl groups is 1. The van der Waals surface area contributed by atoms with Gasteiger partial charge < -0.3 is 5.11 Å². The minimum absolute atomic E-state index is 0.146. The summed E-state index contributed by atoms with van der Waals surface area (Å²) in [5.41, 5.74) is 3.83. The Bertz CT molecular complexity index is 683. The number of nitrogens with one attached hydrogen (secondary N) is 1. The number of nitrogens with zero attached hydrogens (tertiary/aromatic N) is 2. The van der Waals surface area contributed by atoms with E-state index in [0.717, 1.165) is 31.6 Å². The number of halogens is 1. The molecule has 0 spiro atoms. The zero-order valence-corrected chi connectivity index (χ0v) is 15.2. The number of hydrogen-bond acceptors (Lipinski definition) is 3. The number of piperidine rings is 1. The third-order valence-corrected chi connectivity index (χ3v) is 5.01. The molecule has 2 heterocycles. The molecule has 1 fully saturated rings. The predicted octanol–water partition coefficient (Wildman–Crippen LogP) is 4.35. The average molecular weight is 348 g/mol. The first-order valence-electron chi connectivity index (χ1n) is 8.75. The molecule has 130 valence electrons. The second kappa shape index (κ2) is 7.58. The number of benzene rings is 1. The van der Waals surface area contributed by atoms with Crippen LogP contribution in [0.15, 0.2) is 24.4 Å². The normalized spacial score (nSPS) is 19.1. The molecule has 2 N–H and O–H groups in total. The summed E-state index contributed by atoms with van der Waals surface area (Å²) in [4.78, 5) is 2.47. The second-order valence-corrected chi connectivity index (χ2v) is 7.67. The van der Waals surface area contributed by atoms with Crippen LogP contribution >= 0.6 is 11.6 Å². The molecule has 0 saturated carbocycles. The first-order valence-corrected chi connectivity index (χ1v) is 9.12. The number of aromatic amines is 1. The van der Waals surface area contributed by atoms with E-state index < -0.39 is 0 Å². The summed E-state index contributed by atoms with van der Waals surface area (Å²) in [7, 11) is 0. The molecule has 1 aromatic carbocycles. The van der Waals surface area contributed by atoms with Gasteiger partial charge in [0, 0.05) is 24.7 Å². The largest absolute Gasteiger partial charge is 0.506 e. The van der Waals surface area contributed by atoms with Crippen LogP contribution in [0, 0.1) is 5.92 Å². The molecule has 4 nitrogen and oxygen atoms in total. The van der Waals surface area contributed by atoms with Crippen molar-refractivity contribution >= 4 is 11.6 Å². The summed E-state index contributed by atoms with van der Waals surface area (Å²) in [6.45, 7) is 7.50. The van der Waals surface area contributed by atoms with Crippen LogP contribution < -0.4 is 0 Å². The van der Waals surface area contributed by atoms with Crippen molar-refractivity contribution in [3.63, 3.8) is 0 Å². The molecule has 1 aromatic heterocycles. The van der Waals surface area contributed by atoms with E-state index >= 15 is 0 Å². The molecule has 5 heteroatoms. The van der Waals surface area contributed by atoms with Crippen molar-refractivity contribution in [2.45, 2.75) is 45.6 Å². The van der Waals surface area contributed by atoms with Crippen LogP contribution in [0.1, 0.15) is 49.4 Å². The van der Waals surface area contributed by atoms with Crippen molar-refractivity contribution < 1.29 is 5.11 Å². The van der Waals surface area contributed by atoms with E-state index in [0.29, 0.717) is 16.9 Å². The van der Waals surface area contributed by atoms with Crippen LogP contribution in [0.2, 0.25) is 5.02 Å². The van der Waals surface area contributed by atoms with E-state index in [2.05, 4.69) is 28.9 Å². The number of likely N-dealkylation sites (tertiary alicyclic amines) is 1. The molecule has 0 amide bonds. The fourth-order valence-corrected chi connectivity index (χ4v) is 3.82. The number of H-pyrrole nitrogens is 1. The van der Waals surface area contributed by atoms with Gasteiger partial charge in [-0.15, -0.1) is 0 Å². The predicted molar refractivity (Wildman–Crippen MR) is 97.5 cm³/mol. The lowest BCUT2D eigenvalue weighted by Gasteiger charge is -2.33. The molecule has 1 atom stereocenters. The Labute approximate surface area is 148 Å². The van der Waals surface area contributed by atoms with Crippen LogP contribution in [0.3, 0.4) is 0 Å². The number of hydrogen-bond donors (Lipinski definition) is 2. The summed E-state index contributed by atoms with van der Waals surface area (Å²) >= 11 is 6.03. The maximum atomic E-state index is 9.56. The van der Waals surface area contributed by atoms with E-state index in [1.807, 2.05) is 18.3 Å². The number of phenolic OH excluding ortho intramolecular Hbond substituents is 1. The highest BCUT2D eigenvalue weighted by molar-refractivity contribution is 6.32. The highest BCUT2D eigenvalue weighted by Gasteiger charge is 2.25. The van der Waals surface area contributed by atoms with Gasteiger partial charge in [0.1, 0.15) is 5.75 Å². The molecule has 1 aliphatic heterocycles. The van der Waals surface area contributed by atoms with Crippen molar-refractivity contribution in [2.75, 3.05) is 13.1 Å². The summed E-state index contributed by atoms with van der Waals surface area (Å²) < 4.78 is 0. The number of phenols is 1. The third-order valence-electron chi connectivity index (χ3n) is 4.71. The molecule has 3 rings (SSSR count). The lowest BCUT2D eigenvalue weighted by molar-refractivity contribution is 0.198. The lowest BCUT2D eigenvalue weighted by Crippen LogP contribution is -2.34. The minimum atomic E-state index is 0.146. The second-order valence-electron chi connectivity index (χ2n) is 7.27. The van der Waals surface area contributed by atoms with Gasteiger partial charge in [-0.25, -0.2) is 0 Å². The van der Waals surface area contributed by atoms with Gasteiger partial charge in [0.05, 0.1) is 11.2 Å². The molecule has 1 saturated heterocycles. The molecular formula is C19H26ClN3O. The van der Waals surface area contributed by atoms with Crippen LogP contribution in [-0.4, -0.2) is 33.3 Å². The van der Waals surface area contributed by atoms with Crippen molar-refractivity contribution in [1.82, 2.24) is 15.1 Å². The first-order chi connectivity index (χ1) is 11.5. The van der Waals surface area contributed by atoms with Crippen molar-refractivity contribution in [2.24, 2.45) is 5.92 Å². The van der Waals surface area contributed by atoms with Gasteiger partial charge in [0.2, 0.25) is 0 Å². The van der Waals surface area contributed by atoms with E-state index in [1.54, 1.807) is 6.07 Å². The standard InChI is InChI=1S/C19H26ClN3O/c1-13(2)8-16-10-21-22-19(16)15-4-3-7-23(12-15)11-14-5-6-18(24)17(20)9-14/h5-6,9-10,13,15,24H,3-4,7-8,11-12H2,1-2H3,(H,21,22)/t15-/m1/s1. The molecule has 24 heavy (non-hydrogen) atoms. The van der Waals surface area contributed by atoms with Crippen LogP contribution in [0.5, 0.6) is 5.75 Å². The SMILES string of the molecule is CC(C)Cc1cn[nH]c1[C@@H]1CCCN(Cc2ccc(O)c(Cl)c2)C1. The Balaban J connectivity index is 1.68. The minimum Gasteiger partial charge on any atom is -0.506 e. The van der Waals surface area contributed by atoms with Crippen molar-refractivity contribution in [1.29, 1.82) is 0 Å². The van der Waals surface area contributed by atoms with Gasteiger partial charge >= 0.3 is 0 Å². The third kappa shape index (κ3) is 4.11. The lowest BCUT2D eigenvalue weighted by atomic mass is 9.90. The van der Waals surface area contributed by atoms with Gasteiger partial charge in [0.15, 0.2) is 0 Å². The van der Waals surface area contributed by atoms with Gasteiger partial charge in [-0.2, -0.15) is 5.10 Å². The summed E-state index contributed by atoms with van der Waals surface area (Å²) in [5, 5.41) is 17.5. The summed E-state index contributed by atoms with van der Waals surface area (Å²) in [6.07, 6.45) is 5.47. The van der Waals surface area contributed by atoms with Crippen molar-refractivity contribution in [3.8, 4) is 5.75 Å². The average Bonchev–Trinajstić information content (AvgIpc) is 2.98. The molecule has 0 radical (unpaired) electrons. The molecule has 0 unspecified atom stereocenters. The van der Waals surface area contributed by atoms with Crippen LogP contribution in [0.4, 0.5) is 0 Å².